The van der Waals surface area contributed by atoms with Gasteiger partial charge in [0.2, 0.25) is 5.88 Å². The molecule has 5 nitrogen and oxygen atoms in total. The lowest BCUT2D eigenvalue weighted by atomic mass is 10.1. The molecule has 0 unspecified atom stereocenters. The molecule has 0 amide bonds. The number of rotatable bonds is 5. The first-order valence-corrected chi connectivity index (χ1v) is 4.76. The average molecular weight is 246 g/mol. The highest BCUT2D eigenvalue weighted by molar-refractivity contribution is 5.71. The van der Waals surface area contributed by atoms with E-state index in [1.54, 1.807) is 0 Å². The van der Waals surface area contributed by atoms with Crippen molar-refractivity contribution < 1.29 is 23.4 Å². The van der Waals surface area contributed by atoms with Crippen molar-refractivity contribution in [3.8, 4) is 5.88 Å². The van der Waals surface area contributed by atoms with Crippen LogP contribution >= 0.6 is 0 Å². The number of aromatic nitrogens is 1. The molecule has 0 saturated carbocycles. The molecular weight excluding hydrogens is 234 g/mol. The predicted molar refractivity (Wildman–Crippen MR) is 55.0 cm³/mol. The van der Waals surface area contributed by atoms with Gasteiger partial charge in [-0.2, -0.15) is 0 Å². The zero-order valence-corrected chi connectivity index (χ0v) is 9.11. The second-order valence-electron chi connectivity index (χ2n) is 3.27. The summed E-state index contributed by atoms with van der Waals surface area (Å²) in [5, 5.41) is 8.67. The second-order valence-corrected chi connectivity index (χ2v) is 3.27. The third-order valence-corrected chi connectivity index (χ3v) is 2.14. The van der Waals surface area contributed by atoms with Gasteiger partial charge in [0.15, 0.2) is 0 Å². The van der Waals surface area contributed by atoms with E-state index in [4.69, 9.17) is 15.6 Å². The normalized spacial score (nSPS) is 10.6. The summed E-state index contributed by atoms with van der Waals surface area (Å²) in [5.74, 6) is -1.35. The number of hydrogen-bond donors (Lipinski definition) is 2. The summed E-state index contributed by atoms with van der Waals surface area (Å²) in [7, 11) is 1.24. The van der Waals surface area contributed by atoms with Crippen molar-refractivity contribution in [2.75, 3.05) is 7.11 Å². The Morgan fingerprint density at radius 3 is 2.71 bits per heavy atom. The first kappa shape index (κ1) is 13.3. The number of halogens is 2. The van der Waals surface area contributed by atoms with Crippen LogP contribution in [0.4, 0.5) is 8.78 Å². The van der Waals surface area contributed by atoms with Crippen molar-refractivity contribution in [3.63, 3.8) is 0 Å². The van der Waals surface area contributed by atoms with Crippen LogP contribution in [0.5, 0.6) is 5.88 Å². The number of carboxylic acids is 1. The Morgan fingerprint density at radius 1 is 1.65 bits per heavy atom. The molecule has 94 valence electrons. The van der Waals surface area contributed by atoms with Crippen molar-refractivity contribution in [2.24, 2.45) is 5.73 Å². The van der Waals surface area contributed by atoms with Gasteiger partial charge in [0, 0.05) is 17.7 Å². The second kappa shape index (κ2) is 5.53. The number of hydrogen-bond acceptors (Lipinski definition) is 4. The van der Waals surface area contributed by atoms with Crippen LogP contribution in [-0.4, -0.2) is 23.2 Å². The first-order chi connectivity index (χ1) is 7.99. The third kappa shape index (κ3) is 3.10. The van der Waals surface area contributed by atoms with Gasteiger partial charge in [-0.05, 0) is 6.07 Å². The number of pyridine rings is 1. The van der Waals surface area contributed by atoms with Crippen molar-refractivity contribution in [1.82, 2.24) is 4.98 Å². The molecule has 0 atom stereocenters. The van der Waals surface area contributed by atoms with Crippen LogP contribution in [-0.2, 0) is 17.8 Å². The topological polar surface area (TPSA) is 85.4 Å². The van der Waals surface area contributed by atoms with E-state index < -0.39 is 24.4 Å². The Morgan fingerprint density at radius 2 is 2.29 bits per heavy atom. The molecule has 0 aliphatic heterocycles. The summed E-state index contributed by atoms with van der Waals surface area (Å²) in [6.07, 6.45) is -3.37. The molecule has 0 radical (unpaired) electrons. The summed E-state index contributed by atoms with van der Waals surface area (Å²) in [5.41, 5.74) is 5.02. The van der Waals surface area contributed by atoms with Gasteiger partial charge < -0.3 is 15.6 Å². The minimum Gasteiger partial charge on any atom is -0.481 e. The molecule has 0 aliphatic carbocycles. The summed E-state index contributed by atoms with van der Waals surface area (Å²) in [6.45, 7) is -0.0244. The van der Waals surface area contributed by atoms with E-state index in [0.717, 1.165) is 6.07 Å². The molecule has 1 aromatic heterocycles. The van der Waals surface area contributed by atoms with E-state index in [0.29, 0.717) is 0 Å². The molecule has 0 spiro atoms. The molecule has 7 heteroatoms. The van der Waals surface area contributed by atoms with Gasteiger partial charge >= 0.3 is 5.97 Å². The summed E-state index contributed by atoms with van der Waals surface area (Å²) < 4.78 is 30.4. The fourth-order valence-electron chi connectivity index (χ4n) is 1.42. The smallest absolute Gasteiger partial charge is 0.308 e. The fraction of sp³-hybridized carbons (Fsp3) is 0.400. The summed E-state index contributed by atoms with van der Waals surface area (Å²) >= 11 is 0. The minimum absolute atomic E-state index is 0.0244. The molecule has 0 aliphatic rings. The maximum absolute atomic E-state index is 12.8. The highest BCUT2D eigenvalue weighted by atomic mass is 19.3. The number of nitrogens with two attached hydrogens (primary N) is 1. The third-order valence-electron chi connectivity index (χ3n) is 2.14. The van der Waals surface area contributed by atoms with Gasteiger partial charge in [0.1, 0.15) is 0 Å². The standard InChI is InChI=1S/C10H12F2N2O3/c1-17-10-7(3-8(15)16)6(9(11)12)2-5(4-13)14-10/h2,9H,3-4,13H2,1H3,(H,15,16). The lowest BCUT2D eigenvalue weighted by Gasteiger charge is -2.13. The summed E-state index contributed by atoms with van der Waals surface area (Å²) in [6, 6.07) is 1.10. The number of carbonyl (C=O) groups is 1. The van der Waals surface area contributed by atoms with Crippen LogP contribution in [0.2, 0.25) is 0 Å². The van der Waals surface area contributed by atoms with Crippen molar-refractivity contribution >= 4 is 5.97 Å². The zero-order valence-electron chi connectivity index (χ0n) is 9.11. The number of methoxy groups -OCH3 is 1. The molecule has 3 N–H and O–H groups in total. The Labute approximate surface area is 96.2 Å². The highest BCUT2D eigenvalue weighted by Gasteiger charge is 2.21. The van der Waals surface area contributed by atoms with Crippen LogP contribution < -0.4 is 10.5 Å². The lowest BCUT2D eigenvalue weighted by molar-refractivity contribution is -0.136. The zero-order chi connectivity index (χ0) is 13.0. The van der Waals surface area contributed by atoms with Crippen LogP contribution in [0, 0.1) is 0 Å². The average Bonchev–Trinajstić information content (AvgIpc) is 2.28. The molecule has 0 saturated heterocycles. The van der Waals surface area contributed by atoms with E-state index in [-0.39, 0.29) is 23.7 Å². The van der Waals surface area contributed by atoms with Crippen LogP contribution in [0.15, 0.2) is 6.07 Å². The molecule has 0 bridgehead atoms. The minimum atomic E-state index is -2.80. The van der Waals surface area contributed by atoms with Crippen LogP contribution in [0.3, 0.4) is 0 Å². The van der Waals surface area contributed by atoms with Crippen molar-refractivity contribution in [1.29, 1.82) is 0 Å². The van der Waals surface area contributed by atoms with E-state index in [2.05, 4.69) is 4.98 Å². The fourth-order valence-corrected chi connectivity index (χ4v) is 1.42. The van der Waals surface area contributed by atoms with Crippen LogP contribution in [0.25, 0.3) is 0 Å². The van der Waals surface area contributed by atoms with E-state index in [9.17, 15) is 13.6 Å². The number of aliphatic carboxylic acids is 1. The lowest BCUT2D eigenvalue weighted by Crippen LogP contribution is -2.11. The molecule has 1 aromatic rings. The van der Waals surface area contributed by atoms with Crippen LogP contribution in [0.1, 0.15) is 23.2 Å². The van der Waals surface area contributed by atoms with Gasteiger partial charge in [-0.1, -0.05) is 0 Å². The molecule has 1 heterocycles. The Hall–Kier alpha value is -1.76. The van der Waals surface area contributed by atoms with E-state index in [1.807, 2.05) is 0 Å². The Bertz CT molecular complexity index is 424. The molecule has 1 rings (SSSR count). The predicted octanol–water partition coefficient (Wildman–Crippen LogP) is 1.11. The molecule has 17 heavy (non-hydrogen) atoms. The van der Waals surface area contributed by atoms with E-state index in [1.165, 1.54) is 7.11 Å². The first-order valence-electron chi connectivity index (χ1n) is 4.76. The maximum atomic E-state index is 12.8. The van der Waals surface area contributed by atoms with Gasteiger partial charge in [-0.25, -0.2) is 13.8 Å². The Kier molecular flexibility index (Phi) is 4.33. The largest absolute Gasteiger partial charge is 0.481 e. The van der Waals surface area contributed by atoms with Crippen molar-refractivity contribution in [2.45, 2.75) is 19.4 Å². The van der Waals surface area contributed by atoms with Gasteiger partial charge in [0.05, 0.1) is 19.2 Å². The molecule has 0 aromatic carbocycles. The number of ether oxygens (including phenoxy) is 1. The summed E-state index contributed by atoms with van der Waals surface area (Å²) in [4.78, 5) is 14.5. The highest BCUT2D eigenvalue weighted by Crippen LogP contribution is 2.29. The molecule has 0 fully saturated rings. The Balaban J connectivity index is 3.35. The van der Waals surface area contributed by atoms with Gasteiger partial charge in [0.25, 0.3) is 6.43 Å². The monoisotopic (exact) mass is 246 g/mol. The van der Waals surface area contributed by atoms with Gasteiger partial charge in [-0.15, -0.1) is 0 Å². The number of alkyl halides is 2. The SMILES string of the molecule is COc1nc(CN)cc(C(F)F)c1CC(=O)O. The van der Waals surface area contributed by atoms with Crippen molar-refractivity contribution in [3.05, 3.63) is 22.9 Å². The van der Waals surface area contributed by atoms with Gasteiger partial charge in [-0.3, -0.25) is 4.79 Å². The number of carboxylic acid groups (broad SMARTS) is 1. The quantitative estimate of drug-likeness (QED) is 0.812. The molecular formula is C10H12F2N2O3. The maximum Gasteiger partial charge on any atom is 0.308 e. The van der Waals surface area contributed by atoms with E-state index >= 15 is 0 Å². The number of nitrogens with zero attached hydrogens (tertiary/aromatic N) is 1.